The van der Waals surface area contributed by atoms with Gasteiger partial charge >= 0.3 is 5.97 Å². The molecule has 0 aliphatic rings. The number of hydrogen-bond donors (Lipinski definition) is 1. The van der Waals surface area contributed by atoms with Crippen LogP contribution in [0.4, 0.5) is 0 Å². The molecule has 4 heteroatoms. The van der Waals surface area contributed by atoms with E-state index in [1.807, 2.05) is 0 Å². The molecule has 0 bridgehead atoms. The summed E-state index contributed by atoms with van der Waals surface area (Å²) < 4.78 is 4.59. The second-order valence-electron chi connectivity index (χ2n) is 2.23. The summed E-state index contributed by atoms with van der Waals surface area (Å²) in [6.07, 6.45) is -0.0246. The number of rotatable bonds is 4. The van der Waals surface area contributed by atoms with Crippen LogP contribution in [0.3, 0.4) is 0 Å². The minimum absolute atomic E-state index is 0.0246. The van der Waals surface area contributed by atoms with Crippen molar-refractivity contribution in [2.24, 2.45) is 5.73 Å². The molecule has 0 amide bonds. The van der Waals surface area contributed by atoms with Crippen molar-refractivity contribution in [3.8, 4) is 0 Å². The fourth-order valence-corrected chi connectivity index (χ4v) is 0.543. The van der Waals surface area contributed by atoms with Crippen LogP contribution in [0.1, 0.15) is 20.3 Å². The van der Waals surface area contributed by atoms with E-state index < -0.39 is 12.0 Å². The van der Waals surface area contributed by atoms with E-state index in [0.717, 1.165) is 0 Å². The van der Waals surface area contributed by atoms with Gasteiger partial charge in [0.05, 0.1) is 19.1 Å². The third-order valence-electron chi connectivity index (χ3n) is 1.21. The molecule has 0 aromatic rings. The van der Waals surface area contributed by atoms with Crippen LogP contribution < -0.4 is 5.73 Å². The lowest BCUT2D eigenvalue weighted by molar-refractivity contribution is -0.144. The SMILES string of the molecule is CCOC(=O)CC(N)C(C)=O. The van der Waals surface area contributed by atoms with E-state index in [2.05, 4.69) is 4.74 Å². The number of hydrogen-bond acceptors (Lipinski definition) is 4. The Morgan fingerprint density at radius 3 is 2.45 bits per heavy atom. The molecule has 4 nitrogen and oxygen atoms in total. The number of ketones is 1. The summed E-state index contributed by atoms with van der Waals surface area (Å²) in [5, 5.41) is 0. The maximum atomic E-state index is 10.7. The zero-order valence-corrected chi connectivity index (χ0v) is 6.79. The number of ether oxygens (including phenoxy) is 1. The molecule has 0 aliphatic carbocycles. The Morgan fingerprint density at radius 1 is 1.55 bits per heavy atom. The second kappa shape index (κ2) is 4.85. The van der Waals surface area contributed by atoms with Gasteiger partial charge in [0.25, 0.3) is 0 Å². The minimum atomic E-state index is -0.714. The Morgan fingerprint density at radius 2 is 2.09 bits per heavy atom. The molecule has 64 valence electrons. The van der Waals surface area contributed by atoms with Crippen molar-refractivity contribution in [3.63, 3.8) is 0 Å². The van der Waals surface area contributed by atoms with Crippen molar-refractivity contribution in [1.29, 1.82) is 0 Å². The molecule has 11 heavy (non-hydrogen) atoms. The van der Waals surface area contributed by atoms with E-state index in [1.54, 1.807) is 6.92 Å². The van der Waals surface area contributed by atoms with E-state index in [0.29, 0.717) is 6.61 Å². The van der Waals surface area contributed by atoms with Crippen LogP contribution in [0.15, 0.2) is 0 Å². The molecule has 0 aliphatic heterocycles. The summed E-state index contributed by atoms with van der Waals surface area (Å²) >= 11 is 0. The summed E-state index contributed by atoms with van der Waals surface area (Å²) in [4.78, 5) is 21.3. The van der Waals surface area contributed by atoms with Gasteiger partial charge in [-0.1, -0.05) is 0 Å². The van der Waals surface area contributed by atoms with Gasteiger partial charge in [0, 0.05) is 0 Å². The first-order chi connectivity index (χ1) is 5.07. The molecule has 2 N–H and O–H groups in total. The number of esters is 1. The predicted molar refractivity (Wildman–Crippen MR) is 39.9 cm³/mol. The summed E-state index contributed by atoms with van der Waals surface area (Å²) in [5.41, 5.74) is 5.30. The lowest BCUT2D eigenvalue weighted by Gasteiger charge is -2.05. The lowest BCUT2D eigenvalue weighted by Crippen LogP contribution is -2.31. The molecular formula is C7H13NO3. The lowest BCUT2D eigenvalue weighted by atomic mass is 10.1. The van der Waals surface area contributed by atoms with Crippen molar-refractivity contribution in [1.82, 2.24) is 0 Å². The van der Waals surface area contributed by atoms with Gasteiger partial charge in [0.2, 0.25) is 0 Å². The number of carbonyl (C=O) groups excluding carboxylic acids is 2. The Labute approximate surface area is 65.7 Å². The number of nitrogens with two attached hydrogens (primary N) is 1. The smallest absolute Gasteiger partial charge is 0.307 e. The molecule has 1 atom stereocenters. The Balaban J connectivity index is 3.66. The largest absolute Gasteiger partial charge is 0.466 e. The summed E-state index contributed by atoms with van der Waals surface area (Å²) in [6.45, 7) is 3.38. The first-order valence-corrected chi connectivity index (χ1v) is 3.49. The van der Waals surface area contributed by atoms with E-state index >= 15 is 0 Å². The van der Waals surface area contributed by atoms with E-state index in [4.69, 9.17) is 5.73 Å². The van der Waals surface area contributed by atoms with E-state index in [1.165, 1.54) is 6.92 Å². The van der Waals surface area contributed by atoms with Crippen molar-refractivity contribution < 1.29 is 14.3 Å². The average molecular weight is 159 g/mol. The Kier molecular flexibility index (Phi) is 4.45. The summed E-state index contributed by atoms with van der Waals surface area (Å²) in [5.74, 6) is -0.617. The third kappa shape index (κ3) is 4.50. The highest BCUT2D eigenvalue weighted by molar-refractivity contribution is 5.86. The quantitative estimate of drug-likeness (QED) is 0.579. The second-order valence-corrected chi connectivity index (χ2v) is 2.23. The molecule has 0 saturated heterocycles. The van der Waals surface area contributed by atoms with Crippen LogP contribution in [0.2, 0.25) is 0 Å². The standard InChI is InChI=1S/C7H13NO3/c1-3-11-7(10)4-6(8)5(2)9/h6H,3-4,8H2,1-2H3. The molecule has 0 rings (SSSR count). The zero-order valence-electron chi connectivity index (χ0n) is 6.79. The maximum Gasteiger partial charge on any atom is 0.307 e. The van der Waals surface area contributed by atoms with Crippen LogP contribution in [-0.4, -0.2) is 24.4 Å². The molecule has 0 radical (unpaired) electrons. The first kappa shape index (κ1) is 10.1. The number of carbonyl (C=O) groups is 2. The highest BCUT2D eigenvalue weighted by Crippen LogP contribution is 1.92. The molecule has 0 saturated carbocycles. The van der Waals surface area contributed by atoms with Crippen LogP contribution in [0, 0.1) is 0 Å². The summed E-state index contributed by atoms with van der Waals surface area (Å²) in [6, 6.07) is -0.714. The fourth-order valence-electron chi connectivity index (χ4n) is 0.543. The molecule has 1 unspecified atom stereocenters. The van der Waals surface area contributed by atoms with Crippen molar-refractivity contribution in [2.75, 3.05) is 6.61 Å². The van der Waals surface area contributed by atoms with Crippen LogP contribution in [0.25, 0.3) is 0 Å². The van der Waals surface area contributed by atoms with E-state index in [9.17, 15) is 9.59 Å². The van der Waals surface area contributed by atoms with E-state index in [-0.39, 0.29) is 12.2 Å². The first-order valence-electron chi connectivity index (χ1n) is 3.49. The molecule has 0 aromatic heterocycles. The topological polar surface area (TPSA) is 69.4 Å². The molecule has 0 heterocycles. The van der Waals surface area contributed by atoms with Gasteiger partial charge in [-0.05, 0) is 13.8 Å². The normalized spacial score (nSPS) is 12.3. The average Bonchev–Trinajstić information content (AvgIpc) is 1.87. The van der Waals surface area contributed by atoms with Crippen molar-refractivity contribution in [2.45, 2.75) is 26.3 Å². The zero-order chi connectivity index (χ0) is 8.85. The van der Waals surface area contributed by atoms with Crippen molar-refractivity contribution in [3.05, 3.63) is 0 Å². The van der Waals surface area contributed by atoms with Gasteiger partial charge in [-0.3, -0.25) is 9.59 Å². The maximum absolute atomic E-state index is 10.7. The minimum Gasteiger partial charge on any atom is -0.466 e. The van der Waals surface area contributed by atoms with Crippen LogP contribution in [-0.2, 0) is 14.3 Å². The monoisotopic (exact) mass is 159 g/mol. The van der Waals surface area contributed by atoms with Crippen LogP contribution >= 0.6 is 0 Å². The molecular weight excluding hydrogens is 146 g/mol. The Bertz CT molecular complexity index is 156. The third-order valence-corrected chi connectivity index (χ3v) is 1.21. The highest BCUT2D eigenvalue weighted by atomic mass is 16.5. The van der Waals surface area contributed by atoms with Gasteiger partial charge < -0.3 is 10.5 Å². The van der Waals surface area contributed by atoms with Gasteiger partial charge in [0.15, 0.2) is 0 Å². The molecule has 0 aromatic carbocycles. The molecule has 0 spiro atoms. The van der Waals surface area contributed by atoms with Gasteiger partial charge in [-0.2, -0.15) is 0 Å². The van der Waals surface area contributed by atoms with Gasteiger partial charge in [-0.25, -0.2) is 0 Å². The van der Waals surface area contributed by atoms with Gasteiger partial charge in [-0.15, -0.1) is 0 Å². The van der Waals surface area contributed by atoms with Crippen molar-refractivity contribution >= 4 is 11.8 Å². The highest BCUT2D eigenvalue weighted by Gasteiger charge is 2.13. The van der Waals surface area contributed by atoms with Gasteiger partial charge in [0.1, 0.15) is 5.78 Å². The fraction of sp³-hybridized carbons (Fsp3) is 0.714. The number of Topliss-reactive ketones (excluding diaryl/α,β-unsaturated/α-hetero) is 1. The molecule has 0 fully saturated rings. The Hall–Kier alpha value is -0.900. The predicted octanol–water partition coefficient (Wildman–Crippen LogP) is -0.144. The summed E-state index contributed by atoms with van der Waals surface area (Å²) in [7, 11) is 0. The van der Waals surface area contributed by atoms with Crippen LogP contribution in [0.5, 0.6) is 0 Å².